The van der Waals surface area contributed by atoms with Crippen LogP contribution in [-0.2, 0) is 55.5 Å². The van der Waals surface area contributed by atoms with Gasteiger partial charge in [0, 0.05) is 49.4 Å². The van der Waals surface area contributed by atoms with E-state index < -0.39 is 32.0 Å². The van der Waals surface area contributed by atoms with Gasteiger partial charge in [0.05, 0.1) is 43.5 Å². The summed E-state index contributed by atoms with van der Waals surface area (Å²) in [5.74, 6) is -0.410. The lowest BCUT2D eigenvalue weighted by Crippen LogP contribution is -2.35. The van der Waals surface area contributed by atoms with E-state index in [-0.39, 0.29) is 42.8 Å². The number of aromatic amines is 1. The van der Waals surface area contributed by atoms with E-state index in [4.69, 9.17) is 30.7 Å². The number of H-pyrrole nitrogens is 1. The Morgan fingerprint density at radius 3 is 2.17 bits per heavy atom. The fourth-order valence-electron chi connectivity index (χ4n) is 5.32. The number of alkyl halides is 3. The number of anilines is 2. The summed E-state index contributed by atoms with van der Waals surface area (Å²) >= 11 is 0. The molecule has 0 atom stereocenters. The number of ether oxygens (including phenoxy) is 1. The molecule has 60 heavy (non-hydrogen) atoms. The zero-order valence-corrected chi connectivity index (χ0v) is 34.1. The number of Topliss-reactive ketones (excluding diaryl/α,β-unsaturated/α-hetero) is 1. The van der Waals surface area contributed by atoms with Crippen molar-refractivity contribution < 1.29 is 62.6 Å². The van der Waals surface area contributed by atoms with Crippen LogP contribution in [0.2, 0.25) is 0 Å². The number of aryl methyl sites for hydroxylation is 2. The van der Waals surface area contributed by atoms with Gasteiger partial charge in [-0.15, -0.1) is 0 Å². The van der Waals surface area contributed by atoms with Crippen molar-refractivity contribution in [1.82, 2.24) is 15.0 Å². The van der Waals surface area contributed by atoms with Crippen LogP contribution in [0, 0.1) is 13.8 Å². The molecule has 3 aromatic heterocycles. The molecule has 6 rings (SSSR count). The zero-order chi connectivity index (χ0) is 44.3. The Bertz CT molecular complexity index is 2630. The molecule has 316 valence electrons. The number of hydrogen-bond acceptors (Lipinski definition) is 12. The lowest BCUT2D eigenvalue weighted by Gasteiger charge is -2.12. The quantitative estimate of drug-likeness (QED) is 0.0769. The number of imidazole rings is 1. The summed E-state index contributed by atoms with van der Waals surface area (Å²) in [7, 11) is -7.83. The molecule has 0 spiro atoms. The molecule has 3 aromatic carbocycles. The average molecular weight is 869 g/mol. The van der Waals surface area contributed by atoms with E-state index in [9.17, 15) is 22.8 Å². The number of esters is 1. The van der Waals surface area contributed by atoms with Crippen LogP contribution in [0.25, 0.3) is 16.9 Å². The van der Waals surface area contributed by atoms with E-state index in [1.807, 2.05) is 49.4 Å². The molecule has 0 unspecified atom stereocenters. The number of hydrogen-bond donors (Lipinski definition) is 2. The van der Waals surface area contributed by atoms with Gasteiger partial charge in [-0.2, -0.15) is 17.7 Å². The maximum absolute atomic E-state index is 13.8. The molecule has 0 saturated heterocycles. The van der Waals surface area contributed by atoms with Gasteiger partial charge < -0.3 is 19.2 Å². The van der Waals surface area contributed by atoms with Gasteiger partial charge in [-0.25, -0.2) is 36.4 Å². The van der Waals surface area contributed by atoms with Crippen LogP contribution in [0.5, 0.6) is 0 Å². The first-order valence-electron chi connectivity index (χ1n) is 17.5. The summed E-state index contributed by atoms with van der Waals surface area (Å²) in [5, 5.41) is 3.18. The largest absolute Gasteiger partial charge is 0.748 e. The highest BCUT2D eigenvalue weighted by molar-refractivity contribution is 7.85. The molecule has 2 N–H and O–H groups in total. The maximum atomic E-state index is 13.8. The number of nitrogens with one attached hydrogen (secondary N) is 2. The number of ketones is 1. The minimum absolute atomic E-state index is 0.0299. The second-order valence-corrected chi connectivity index (χ2v) is 16.0. The summed E-state index contributed by atoms with van der Waals surface area (Å²) < 4.78 is 105. The Kier molecular flexibility index (Phi) is 15.5. The highest BCUT2D eigenvalue weighted by Crippen LogP contribution is 2.31. The highest BCUT2D eigenvalue weighted by Gasteiger charge is 2.32. The van der Waals surface area contributed by atoms with Crippen molar-refractivity contribution in [3.63, 3.8) is 0 Å². The van der Waals surface area contributed by atoms with Crippen molar-refractivity contribution in [2.24, 2.45) is 0 Å². The van der Waals surface area contributed by atoms with Crippen molar-refractivity contribution >= 4 is 43.6 Å². The molecule has 0 fully saturated rings. The van der Waals surface area contributed by atoms with Crippen molar-refractivity contribution in [2.45, 2.75) is 39.6 Å². The standard InChI is InChI=1S/C38H32F3N6O3.2CH4O3S/c1-25-10-11-29(35(48)17-28-15-31(38(39,40)41)20-32(16-28)47-21-26(2)43-23-47)19-34(25)45-37-42-13-12-33(44-37)30-9-6-14-46(22-30)24-50-36(49)18-27-7-4-3-5-8-27;2*1-5(2,3)4/h3-16,19-23H,17-18,24H2,1-2H3,(H,42,44,45);2*1H3,(H,2,3,4)/q+1;;/p-1. The summed E-state index contributed by atoms with van der Waals surface area (Å²) in [6.45, 7) is 3.68. The van der Waals surface area contributed by atoms with Gasteiger partial charge in [0.1, 0.15) is 17.6 Å². The third-order valence-electron chi connectivity index (χ3n) is 7.91. The molecule has 0 radical (unpaired) electrons. The first-order chi connectivity index (χ1) is 28.0. The number of carbonyl (C=O) groups excluding carboxylic acids is 2. The molecule has 0 aliphatic heterocycles. The lowest BCUT2D eigenvalue weighted by atomic mass is 9.99. The van der Waals surface area contributed by atoms with Gasteiger partial charge in [0.25, 0.3) is 6.73 Å². The van der Waals surface area contributed by atoms with E-state index in [2.05, 4.69) is 20.3 Å². The number of rotatable bonds is 11. The summed E-state index contributed by atoms with van der Waals surface area (Å²) in [5.41, 5.74) is 4.42. The van der Waals surface area contributed by atoms with Crippen molar-refractivity contribution in [1.29, 1.82) is 0 Å². The Morgan fingerprint density at radius 1 is 0.850 bits per heavy atom. The molecule has 0 amide bonds. The van der Waals surface area contributed by atoms with E-state index in [1.165, 1.54) is 0 Å². The lowest BCUT2D eigenvalue weighted by molar-refractivity contribution is -0.727. The highest BCUT2D eigenvalue weighted by atomic mass is 32.2. The van der Waals surface area contributed by atoms with Gasteiger partial charge in [-0.1, -0.05) is 42.5 Å². The molecular formula is C40H39F3N6O9S2. The van der Waals surface area contributed by atoms with Crippen molar-refractivity contribution in [3.05, 3.63) is 150 Å². The molecule has 3 heterocycles. The zero-order valence-electron chi connectivity index (χ0n) is 32.5. The molecule has 15 nitrogen and oxygen atoms in total. The molecule has 0 aliphatic carbocycles. The second kappa shape index (κ2) is 20.1. The molecule has 6 aromatic rings. The van der Waals surface area contributed by atoms with Gasteiger partial charge in [0.2, 0.25) is 12.3 Å². The van der Waals surface area contributed by atoms with E-state index in [1.54, 1.807) is 77.5 Å². The van der Waals surface area contributed by atoms with Crippen LogP contribution in [-0.4, -0.2) is 65.2 Å². The minimum Gasteiger partial charge on any atom is -0.748 e. The smallest absolute Gasteiger partial charge is 0.416 e. The van der Waals surface area contributed by atoms with Gasteiger partial charge in [-0.05, 0) is 60.0 Å². The normalized spacial score (nSPS) is 11.3. The summed E-state index contributed by atoms with van der Waals surface area (Å²) in [6.07, 6.45) is 5.00. The predicted molar refractivity (Wildman–Crippen MR) is 210 cm³/mol. The van der Waals surface area contributed by atoms with E-state index in [0.717, 1.165) is 34.5 Å². The monoisotopic (exact) mass is 868 g/mol. The first-order valence-corrected chi connectivity index (χ1v) is 21.2. The minimum atomic E-state index is -4.58. The van der Waals surface area contributed by atoms with Crippen LogP contribution < -0.4 is 14.5 Å². The molecule has 0 saturated carbocycles. The molecule has 0 aliphatic rings. The maximum Gasteiger partial charge on any atom is 0.416 e. The third-order valence-corrected chi connectivity index (χ3v) is 7.91. The fraction of sp³-hybridized carbons (Fsp3) is 0.200. The number of carbonyl (C=O) groups is 2. The Labute approximate surface area is 344 Å². The van der Waals surface area contributed by atoms with Gasteiger partial charge in [-0.3, -0.25) is 9.59 Å². The average Bonchev–Trinajstić information content (AvgIpc) is 3.60. The summed E-state index contributed by atoms with van der Waals surface area (Å²) in [4.78, 5) is 37.7. The van der Waals surface area contributed by atoms with Crippen LogP contribution in [0.3, 0.4) is 0 Å². The van der Waals surface area contributed by atoms with Crippen LogP contribution >= 0.6 is 0 Å². The van der Waals surface area contributed by atoms with E-state index in [0.29, 0.717) is 35.1 Å². The fourth-order valence-corrected chi connectivity index (χ4v) is 5.32. The van der Waals surface area contributed by atoms with Crippen LogP contribution in [0.15, 0.2) is 116 Å². The van der Waals surface area contributed by atoms with Crippen molar-refractivity contribution in [2.75, 3.05) is 17.8 Å². The van der Waals surface area contributed by atoms with Crippen LogP contribution in [0.4, 0.5) is 24.8 Å². The molecule has 0 bridgehead atoms. The summed E-state index contributed by atoms with van der Waals surface area (Å²) in [6, 6.07) is 23.5. The van der Waals surface area contributed by atoms with Crippen LogP contribution in [0.1, 0.15) is 38.3 Å². The molecule has 20 heteroatoms. The number of nitrogens with zero attached hydrogens (tertiary/aromatic N) is 4. The van der Waals surface area contributed by atoms with Gasteiger partial charge in [0.15, 0.2) is 18.2 Å². The number of halogens is 3. The second-order valence-electron chi connectivity index (χ2n) is 13.2. The first kappa shape index (κ1) is 46.3. The number of aromatic nitrogens is 5. The number of pyridine rings is 1. The molecular weight excluding hydrogens is 830 g/mol. The van der Waals surface area contributed by atoms with Gasteiger partial charge >= 0.3 is 12.1 Å². The topological polar surface area (TPSA) is 219 Å². The number of benzene rings is 3. The SMILES string of the molecule is CS(=O)(=O)[O-].CS(=O)(=O)[O-].Cc1c[n+](-c2cc(CC(=O)c3ccc(C)c(Nc4nccc(-c5ccc[n+](COC(=O)Cc6ccccc6)c5)n4)c3)cc(C(F)(F)F)c2)c[nH]1. The van der Waals surface area contributed by atoms with E-state index >= 15 is 0 Å². The Hall–Kier alpha value is -6.35. The Morgan fingerprint density at radius 2 is 1.53 bits per heavy atom. The van der Waals surface area contributed by atoms with Crippen molar-refractivity contribution in [3.8, 4) is 16.9 Å². The third kappa shape index (κ3) is 16.1. The Balaban J connectivity index is 0.000000711. The predicted octanol–water partition coefficient (Wildman–Crippen LogP) is 4.91.